The first-order valence-electron chi connectivity index (χ1n) is 13.8. The van der Waals surface area contributed by atoms with E-state index in [1.165, 1.54) is 19.3 Å². The molecule has 8 rings (SSSR count). The van der Waals surface area contributed by atoms with Crippen LogP contribution in [-0.4, -0.2) is 35.6 Å². The largest absolute Gasteiger partial charge is 0.374 e. The summed E-state index contributed by atoms with van der Waals surface area (Å²) in [5, 5.41) is 0. The van der Waals surface area contributed by atoms with E-state index in [4.69, 9.17) is 14.2 Å². The molecule has 0 radical (unpaired) electrons. The highest BCUT2D eigenvalue weighted by molar-refractivity contribution is 5.28. The molecule has 0 aromatic carbocycles. The first-order valence-corrected chi connectivity index (χ1v) is 13.8. The lowest BCUT2D eigenvalue weighted by Crippen LogP contribution is -2.56. The van der Waals surface area contributed by atoms with E-state index in [0.29, 0.717) is 24.0 Å². The normalized spacial score (nSPS) is 62.3. The quantitative estimate of drug-likeness (QED) is 0.430. The van der Waals surface area contributed by atoms with Crippen molar-refractivity contribution in [3.8, 4) is 0 Å². The summed E-state index contributed by atoms with van der Waals surface area (Å²) >= 11 is 0. The Morgan fingerprint density at radius 3 is 1.41 bits per heavy atom. The van der Waals surface area contributed by atoms with Gasteiger partial charge in [0, 0.05) is 0 Å². The van der Waals surface area contributed by atoms with Gasteiger partial charge >= 0.3 is 0 Å². The molecule has 16 unspecified atom stereocenters. The van der Waals surface area contributed by atoms with Crippen LogP contribution >= 0.6 is 0 Å². The molecule has 7 fully saturated rings. The summed E-state index contributed by atoms with van der Waals surface area (Å²) in [7, 11) is 0. The second-order valence-corrected chi connectivity index (χ2v) is 15.0. The highest BCUT2D eigenvalue weighted by atomic mass is 16.6. The van der Waals surface area contributed by atoms with Crippen molar-refractivity contribution in [3.63, 3.8) is 0 Å². The zero-order valence-corrected chi connectivity index (χ0v) is 20.7. The second-order valence-electron chi connectivity index (χ2n) is 15.0. The van der Waals surface area contributed by atoms with Gasteiger partial charge in [-0.15, -0.1) is 0 Å². The van der Waals surface area contributed by atoms with Crippen LogP contribution in [0.25, 0.3) is 0 Å². The van der Waals surface area contributed by atoms with Crippen LogP contribution in [0.5, 0.6) is 0 Å². The Morgan fingerprint density at radius 1 is 0.562 bits per heavy atom. The number of hydrogen-bond donors (Lipinski definition) is 0. The molecular formula is C29H42O3. The topological polar surface area (TPSA) is 27.7 Å². The molecule has 16 atom stereocenters. The highest BCUT2D eigenvalue weighted by Crippen LogP contribution is 2.77. The summed E-state index contributed by atoms with van der Waals surface area (Å²) in [5.74, 6) is 10.1. The minimum absolute atomic E-state index is 0.125. The Morgan fingerprint density at radius 2 is 0.969 bits per heavy atom. The first-order chi connectivity index (χ1) is 15.1. The minimum Gasteiger partial charge on any atom is -0.374 e. The van der Waals surface area contributed by atoms with E-state index in [2.05, 4.69) is 53.7 Å². The number of rotatable bonds is 2. The Bertz CT molecular complexity index is 799. The summed E-state index contributed by atoms with van der Waals surface area (Å²) in [6, 6.07) is 0. The Kier molecular flexibility index (Phi) is 3.65. The molecule has 8 aliphatic rings. The molecule has 0 amide bonds. The van der Waals surface area contributed by atoms with Crippen LogP contribution in [0.4, 0.5) is 0 Å². The molecule has 0 aromatic rings. The zero-order valence-electron chi connectivity index (χ0n) is 20.7. The van der Waals surface area contributed by atoms with Crippen LogP contribution in [0.1, 0.15) is 60.8 Å². The standard InChI is InChI=1S/C29H42O3/c1-28(2,3)31-24-16-11-17(25(24)32-29(4,5)6)23-22(16)26-20-14-10-15(21(20)27(23)30-26)19-13-8-7-12(9-13)18(14)19/h7-8,12-27H,9-11H2,1-6H3. The van der Waals surface area contributed by atoms with Gasteiger partial charge in [0.25, 0.3) is 0 Å². The van der Waals surface area contributed by atoms with Crippen LogP contribution in [-0.2, 0) is 14.2 Å². The van der Waals surface area contributed by atoms with E-state index in [1.54, 1.807) is 0 Å². The number of allylic oxidation sites excluding steroid dienone is 2. The predicted octanol–water partition coefficient (Wildman–Crippen LogP) is 5.34. The molecule has 2 aliphatic heterocycles. The predicted molar refractivity (Wildman–Crippen MR) is 123 cm³/mol. The third-order valence-corrected chi connectivity index (χ3v) is 11.5. The number of hydrogen-bond acceptors (Lipinski definition) is 3. The molecule has 3 heteroatoms. The van der Waals surface area contributed by atoms with Crippen molar-refractivity contribution >= 4 is 0 Å². The zero-order chi connectivity index (χ0) is 21.9. The molecule has 5 saturated carbocycles. The van der Waals surface area contributed by atoms with Crippen molar-refractivity contribution in [2.24, 2.45) is 71.0 Å². The van der Waals surface area contributed by atoms with Crippen molar-refractivity contribution in [2.75, 3.05) is 0 Å². The van der Waals surface area contributed by atoms with Crippen molar-refractivity contribution in [1.29, 1.82) is 0 Å². The lowest BCUT2D eigenvalue weighted by molar-refractivity contribution is -0.199. The van der Waals surface area contributed by atoms with Gasteiger partial charge in [-0.1, -0.05) is 12.2 Å². The van der Waals surface area contributed by atoms with Crippen LogP contribution in [0.15, 0.2) is 12.2 Å². The van der Waals surface area contributed by atoms with Gasteiger partial charge in [-0.3, -0.25) is 0 Å². The maximum atomic E-state index is 7.05. The van der Waals surface area contributed by atoms with Crippen LogP contribution in [0.3, 0.4) is 0 Å². The van der Waals surface area contributed by atoms with Gasteiger partial charge in [-0.25, -0.2) is 0 Å². The number of ether oxygens (including phenoxy) is 3. The minimum atomic E-state index is -0.125. The average Bonchev–Trinajstić information content (AvgIpc) is 3.46. The van der Waals surface area contributed by atoms with Crippen LogP contribution in [0.2, 0.25) is 0 Å². The van der Waals surface area contributed by atoms with Gasteiger partial charge in [0.05, 0.1) is 35.6 Å². The summed E-state index contributed by atoms with van der Waals surface area (Å²) < 4.78 is 20.6. The van der Waals surface area contributed by atoms with Crippen LogP contribution in [0, 0.1) is 71.0 Å². The Balaban J connectivity index is 1.14. The van der Waals surface area contributed by atoms with E-state index >= 15 is 0 Å². The lowest BCUT2D eigenvalue weighted by atomic mass is 9.55. The maximum Gasteiger partial charge on any atom is 0.0878 e. The maximum absolute atomic E-state index is 7.05. The fourth-order valence-electron chi connectivity index (χ4n) is 11.6. The molecule has 0 aromatic heterocycles. The third-order valence-electron chi connectivity index (χ3n) is 11.5. The second kappa shape index (κ2) is 5.88. The molecular weight excluding hydrogens is 396 g/mol. The van der Waals surface area contributed by atoms with Crippen molar-refractivity contribution < 1.29 is 14.2 Å². The van der Waals surface area contributed by atoms with Gasteiger partial charge in [-0.05, 0) is 132 Å². The molecule has 2 heterocycles. The Hall–Kier alpha value is -0.380. The fourth-order valence-corrected chi connectivity index (χ4v) is 11.6. The average molecular weight is 439 g/mol. The number of fused-ring (bicyclic) bond motifs is 23. The molecule has 32 heavy (non-hydrogen) atoms. The van der Waals surface area contributed by atoms with E-state index in [1.807, 2.05) is 0 Å². The molecule has 6 aliphatic carbocycles. The van der Waals surface area contributed by atoms with Crippen molar-refractivity contribution in [1.82, 2.24) is 0 Å². The van der Waals surface area contributed by atoms with Gasteiger partial charge in [0.15, 0.2) is 0 Å². The van der Waals surface area contributed by atoms with Crippen molar-refractivity contribution in [3.05, 3.63) is 12.2 Å². The molecule has 3 nitrogen and oxygen atoms in total. The molecule has 8 bridgehead atoms. The monoisotopic (exact) mass is 438 g/mol. The summed E-state index contributed by atoms with van der Waals surface area (Å²) in [6.45, 7) is 13.3. The highest BCUT2D eigenvalue weighted by Gasteiger charge is 2.78. The van der Waals surface area contributed by atoms with Gasteiger partial charge in [0.1, 0.15) is 0 Å². The third kappa shape index (κ3) is 2.30. The van der Waals surface area contributed by atoms with E-state index < -0.39 is 0 Å². The molecule has 176 valence electrons. The molecule has 0 spiro atoms. The van der Waals surface area contributed by atoms with Gasteiger partial charge in [0.2, 0.25) is 0 Å². The SMILES string of the molecule is CC(C)(C)OC1C2CC(C1OC(C)(C)C)C1C3OC(C21)C1C2CC(C4C5C=CC(C5)C24)C31. The summed E-state index contributed by atoms with van der Waals surface area (Å²) in [6.07, 6.45) is 11.0. The van der Waals surface area contributed by atoms with E-state index in [0.717, 1.165) is 59.2 Å². The van der Waals surface area contributed by atoms with Crippen LogP contribution < -0.4 is 0 Å². The fraction of sp³-hybridized carbons (Fsp3) is 0.931. The first kappa shape index (κ1) is 19.9. The summed E-state index contributed by atoms with van der Waals surface area (Å²) in [5.41, 5.74) is -0.250. The lowest BCUT2D eigenvalue weighted by Gasteiger charge is -2.50. The van der Waals surface area contributed by atoms with E-state index in [9.17, 15) is 0 Å². The van der Waals surface area contributed by atoms with E-state index in [-0.39, 0.29) is 23.4 Å². The smallest absolute Gasteiger partial charge is 0.0878 e. The van der Waals surface area contributed by atoms with Gasteiger partial charge < -0.3 is 14.2 Å². The molecule has 0 N–H and O–H groups in total. The molecule has 2 saturated heterocycles. The Labute approximate surface area is 194 Å². The summed E-state index contributed by atoms with van der Waals surface area (Å²) in [4.78, 5) is 0. The van der Waals surface area contributed by atoms with Crippen molar-refractivity contribution in [2.45, 2.75) is 96.4 Å². The van der Waals surface area contributed by atoms with Gasteiger partial charge in [-0.2, -0.15) is 0 Å².